The first kappa shape index (κ1) is 38.0. The Morgan fingerprint density at radius 1 is 0.438 bits per heavy atom. The lowest BCUT2D eigenvalue weighted by atomic mass is 10.1. The second-order valence-corrected chi connectivity index (χ2v) is 14.3. The minimum Gasteiger partial charge on any atom is -0.368 e. The monoisotopic (exact) mass is 695 g/mol. The van der Waals surface area contributed by atoms with Crippen LogP contribution >= 0.6 is 23.2 Å². The average Bonchev–Trinajstić information content (AvgIpc) is 3.05. The van der Waals surface area contributed by atoms with Crippen LogP contribution < -0.4 is 9.80 Å². The number of halogens is 2. The fraction of sp³-hybridized carbons (Fsp3) is 0.514. The molecule has 0 saturated heterocycles. The average molecular weight is 697 g/mol. The highest BCUT2D eigenvalue weighted by Gasteiger charge is 2.16. The van der Waals surface area contributed by atoms with Gasteiger partial charge in [0.25, 0.3) is 0 Å². The van der Waals surface area contributed by atoms with E-state index in [0.717, 1.165) is 100 Å². The zero-order valence-electron chi connectivity index (χ0n) is 30.0. The molecule has 0 spiro atoms. The summed E-state index contributed by atoms with van der Waals surface area (Å²) >= 11 is 12.7. The lowest BCUT2D eigenvalue weighted by molar-refractivity contribution is 0.281. The van der Waals surface area contributed by atoms with Gasteiger partial charge in [-0.3, -0.25) is 9.97 Å². The van der Waals surface area contributed by atoms with Gasteiger partial charge in [0.05, 0.1) is 11.0 Å². The zero-order chi connectivity index (χ0) is 34.6. The van der Waals surface area contributed by atoms with E-state index in [9.17, 15) is 0 Å². The minimum atomic E-state index is 0.709. The maximum absolute atomic E-state index is 6.34. The number of nitrogens with zero attached hydrogens (tertiary/aromatic N) is 9. The molecule has 0 aliphatic rings. The van der Waals surface area contributed by atoms with E-state index in [1.54, 1.807) is 0 Å². The number of pyridine rings is 2. The molecule has 0 fully saturated rings. The van der Waals surface area contributed by atoms with Gasteiger partial charge in [0, 0.05) is 123 Å². The molecular weight excluding hydrogens is 641 g/mol. The summed E-state index contributed by atoms with van der Waals surface area (Å²) < 4.78 is 0. The predicted octanol–water partition coefficient (Wildman–Crippen LogP) is 5.32. The highest BCUT2D eigenvalue weighted by Crippen LogP contribution is 2.29. The van der Waals surface area contributed by atoms with Crippen LogP contribution in [0.2, 0.25) is 10.0 Å². The maximum atomic E-state index is 6.34. The van der Waals surface area contributed by atoms with Crippen LogP contribution in [-0.2, 0) is 0 Å². The fourth-order valence-corrected chi connectivity index (χ4v) is 6.04. The number of rotatable bonds is 20. The van der Waals surface area contributed by atoms with Gasteiger partial charge in [0.2, 0.25) is 0 Å². The summed E-state index contributed by atoms with van der Waals surface area (Å²) in [5.74, 6) is 0. The smallest absolute Gasteiger partial charge is 0.0737 e. The van der Waals surface area contributed by atoms with E-state index in [1.807, 2.05) is 36.7 Å². The molecule has 0 saturated carbocycles. The molecule has 0 unspecified atom stereocenters. The summed E-state index contributed by atoms with van der Waals surface area (Å²) in [5.41, 5.74) is 4.26. The Morgan fingerprint density at radius 2 is 0.771 bits per heavy atom. The van der Waals surface area contributed by atoms with Crippen molar-refractivity contribution in [2.75, 3.05) is 138 Å². The third-order valence-electron chi connectivity index (χ3n) is 8.91. The standard InChI is InChI=1S/C37H55Cl2N9/c1-42(2)16-18-44(5)20-24-47(36-12-14-40-34-28-30(38)8-10-32(34)36)26-22-46(7)23-27-48(25-21-45(6)19-17-43(3)4)37-13-15-41-35-29-31(39)9-11-33(35)37/h8-15,28-29H,16-27H2,1-7H3. The molecule has 0 atom stereocenters. The summed E-state index contributed by atoms with van der Waals surface area (Å²) in [4.78, 5) is 26.0. The second kappa shape index (κ2) is 18.9. The molecule has 262 valence electrons. The number of hydrogen-bond acceptors (Lipinski definition) is 9. The molecule has 0 aliphatic heterocycles. The summed E-state index contributed by atoms with van der Waals surface area (Å²) in [7, 11) is 15.2. The number of benzene rings is 2. The van der Waals surface area contributed by atoms with Gasteiger partial charge in [-0.1, -0.05) is 23.2 Å². The molecule has 4 aromatic rings. The fourth-order valence-electron chi connectivity index (χ4n) is 5.71. The summed E-state index contributed by atoms with van der Waals surface area (Å²) in [6, 6.07) is 16.3. The predicted molar refractivity (Wildman–Crippen MR) is 208 cm³/mol. The van der Waals surface area contributed by atoms with Crippen molar-refractivity contribution in [1.82, 2.24) is 34.5 Å². The van der Waals surface area contributed by atoms with Gasteiger partial charge in [-0.25, -0.2) is 0 Å². The normalized spacial score (nSPS) is 12.1. The highest BCUT2D eigenvalue weighted by molar-refractivity contribution is 6.31. The largest absolute Gasteiger partial charge is 0.368 e. The van der Waals surface area contributed by atoms with Crippen LogP contribution in [-0.4, -0.2) is 162 Å². The summed E-state index contributed by atoms with van der Waals surface area (Å²) in [6.07, 6.45) is 3.81. The van der Waals surface area contributed by atoms with Gasteiger partial charge < -0.3 is 34.3 Å². The SMILES string of the molecule is CN(C)CCN(C)CCN(CCN(C)CCN(CCN(C)CCN(C)C)c1ccnc2cc(Cl)ccc12)c1ccnc2cc(Cl)ccc12. The number of hydrogen-bond donors (Lipinski definition) is 0. The van der Waals surface area contributed by atoms with E-state index in [0.29, 0.717) is 10.0 Å². The molecule has 0 radical (unpaired) electrons. The number of aromatic nitrogens is 2. The summed E-state index contributed by atoms with van der Waals surface area (Å²) in [6.45, 7) is 11.6. The van der Waals surface area contributed by atoms with Crippen molar-refractivity contribution in [1.29, 1.82) is 0 Å². The number of likely N-dealkylation sites (N-methyl/N-ethyl adjacent to an activating group) is 5. The van der Waals surface area contributed by atoms with Crippen LogP contribution in [0.15, 0.2) is 60.9 Å². The van der Waals surface area contributed by atoms with Gasteiger partial charge in [0.15, 0.2) is 0 Å². The van der Waals surface area contributed by atoms with Crippen LogP contribution in [0.4, 0.5) is 11.4 Å². The summed E-state index contributed by atoms with van der Waals surface area (Å²) in [5, 5.41) is 3.69. The topological polar surface area (TPSA) is 48.5 Å². The van der Waals surface area contributed by atoms with Crippen molar-refractivity contribution >= 4 is 56.4 Å². The Balaban J connectivity index is 1.47. The van der Waals surface area contributed by atoms with Crippen LogP contribution in [0.3, 0.4) is 0 Å². The van der Waals surface area contributed by atoms with Crippen molar-refractivity contribution < 1.29 is 0 Å². The molecule has 0 amide bonds. The quantitative estimate of drug-likeness (QED) is 0.122. The van der Waals surface area contributed by atoms with Crippen molar-refractivity contribution in [3.05, 3.63) is 71.0 Å². The van der Waals surface area contributed by atoms with Crippen molar-refractivity contribution in [2.24, 2.45) is 0 Å². The van der Waals surface area contributed by atoms with Gasteiger partial charge in [-0.05, 0) is 97.9 Å². The molecule has 0 N–H and O–H groups in total. The molecule has 2 heterocycles. The molecule has 0 bridgehead atoms. The number of anilines is 2. The van der Waals surface area contributed by atoms with Gasteiger partial charge in [0.1, 0.15) is 0 Å². The first-order valence-electron chi connectivity index (χ1n) is 16.9. The van der Waals surface area contributed by atoms with E-state index in [2.05, 4.69) is 118 Å². The van der Waals surface area contributed by atoms with Crippen LogP contribution in [0.5, 0.6) is 0 Å². The van der Waals surface area contributed by atoms with E-state index in [-0.39, 0.29) is 0 Å². The van der Waals surface area contributed by atoms with Crippen molar-refractivity contribution in [3.63, 3.8) is 0 Å². The Kier molecular flexibility index (Phi) is 14.9. The van der Waals surface area contributed by atoms with Gasteiger partial charge >= 0.3 is 0 Å². The highest BCUT2D eigenvalue weighted by atomic mass is 35.5. The molecule has 11 heteroatoms. The Hall–Kier alpha value is -2.76. The zero-order valence-corrected chi connectivity index (χ0v) is 31.6. The van der Waals surface area contributed by atoms with Gasteiger partial charge in [-0.2, -0.15) is 0 Å². The molecule has 2 aromatic carbocycles. The second-order valence-electron chi connectivity index (χ2n) is 13.5. The lowest BCUT2D eigenvalue weighted by Crippen LogP contribution is -2.42. The van der Waals surface area contributed by atoms with Crippen molar-refractivity contribution in [2.45, 2.75) is 0 Å². The van der Waals surface area contributed by atoms with Crippen LogP contribution in [0, 0.1) is 0 Å². The molecular formula is C37H55Cl2N9. The van der Waals surface area contributed by atoms with Crippen LogP contribution in [0.1, 0.15) is 0 Å². The maximum Gasteiger partial charge on any atom is 0.0737 e. The van der Waals surface area contributed by atoms with Crippen LogP contribution in [0.25, 0.3) is 21.8 Å². The Morgan fingerprint density at radius 3 is 1.10 bits per heavy atom. The Labute approximate surface area is 298 Å². The van der Waals surface area contributed by atoms with E-state index >= 15 is 0 Å². The third kappa shape index (κ3) is 11.7. The minimum absolute atomic E-state index is 0.709. The molecule has 9 nitrogen and oxygen atoms in total. The van der Waals surface area contributed by atoms with E-state index < -0.39 is 0 Å². The van der Waals surface area contributed by atoms with Crippen molar-refractivity contribution in [3.8, 4) is 0 Å². The Bertz CT molecular complexity index is 1450. The first-order chi connectivity index (χ1) is 23.0. The molecule has 48 heavy (non-hydrogen) atoms. The first-order valence-corrected chi connectivity index (χ1v) is 17.7. The lowest BCUT2D eigenvalue weighted by Gasteiger charge is -2.32. The molecule has 2 aromatic heterocycles. The molecule has 4 rings (SSSR count). The van der Waals surface area contributed by atoms with E-state index in [4.69, 9.17) is 23.2 Å². The van der Waals surface area contributed by atoms with E-state index in [1.165, 1.54) is 11.4 Å². The third-order valence-corrected chi connectivity index (χ3v) is 9.38. The molecule has 0 aliphatic carbocycles. The number of fused-ring (bicyclic) bond motifs is 2. The van der Waals surface area contributed by atoms with Gasteiger partial charge in [-0.15, -0.1) is 0 Å².